The molecule has 2 N–H and O–H groups in total. The fourth-order valence-electron chi connectivity index (χ4n) is 8.43. The van der Waals surface area contributed by atoms with Gasteiger partial charge in [-0.25, -0.2) is 19.9 Å². The molecule has 0 spiro atoms. The van der Waals surface area contributed by atoms with E-state index in [4.69, 9.17) is 31.0 Å². The lowest BCUT2D eigenvalue weighted by atomic mass is 9.91. The molecule has 0 amide bonds. The van der Waals surface area contributed by atoms with Crippen LogP contribution in [0.2, 0.25) is 5.28 Å². The van der Waals surface area contributed by atoms with Gasteiger partial charge in [0.05, 0.1) is 12.7 Å². The van der Waals surface area contributed by atoms with Crippen LogP contribution in [0.5, 0.6) is 0 Å². The molecule has 14 heteroatoms. The van der Waals surface area contributed by atoms with E-state index in [1.165, 1.54) is 34.0 Å². The molecule has 2 fully saturated rings. The predicted octanol–water partition coefficient (Wildman–Crippen LogP) is 10.9. The van der Waals surface area contributed by atoms with E-state index in [-0.39, 0.29) is 29.6 Å². The van der Waals surface area contributed by atoms with Crippen LogP contribution in [0.15, 0.2) is 139 Å². The summed E-state index contributed by atoms with van der Waals surface area (Å²) in [5.41, 5.74) is 8.03. The van der Waals surface area contributed by atoms with Crippen molar-refractivity contribution in [3.05, 3.63) is 162 Å². The van der Waals surface area contributed by atoms with Crippen molar-refractivity contribution in [2.45, 2.75) is 68.0 Å². The average Bonchev–Trinajstić information content (AvgIpc) is 3.99. The minimum Gasteiger partial charge on any atom is -0.367 e. The molecule has 0 bridgehead atoms. The van der Waals surface area contributed by atoms with Crippen molar-refractivity contribution in [1.82, 2.24) is 39.0 Å². The Bertz CT molecular complexity index is 2600. The van der Waals surface area contributed by atoms with Gasteiger partial charge in [0.2, 0.25) is 5.28 Å². The van der Waals surface area contributed by atoms with Gasteiger partial charge in [0.1, 0.15) is 12.5 Å². The second kappa shape index (κ2) is 20.5. The molecule has 2 saturated heterocycles. The number of thioether (sulfide) groups is 1. The second-order valence-electron chi connectivity index (χ2n) is 15.7. The summed E-state index contributed by atoms with van der Waals surface area (Å²) in [5.74, 6) is 1.77. The molecule has 322 valence electrons. The minimum atomic E-state index is -0.0565. The molecule has 6 heterocycles. The smallest absolute Gasteiger partial charge is 0.226 e. The van der Waals surface area contributed by atoms with Crippen molar-refractivity contribution < 1.29 is 9.47 Å². The van der Waals surface area contributed by atoms with Gasteiger partial charge in [-0.2, -0.15) is 9.97 Å². The normalized spacial score (nSPS) is 16.6. The second-order valence-corrected chi connectivity index (χ2v) is 16.8. The summed E-state index contributed by atoms with van der Waals surface area (Å²) in [6.45, 7) is 2.90. The van der Waals surface area contributed by atoms with E-state index in [2.05, 4.69) is 144 Å². The minimum absolute atomic E-state index is 0.00686. The Hall–Kier alpha value is -5.86. The van der Waals surface area contributed by atoms with Crippen LogP contribution in [-0.2, 0) is 9.47 Å². The molecule has 0 radical (unpaired) electrons. The van der Waals surface area contributed by atoms with Crippen LogP contribution in [0, 0.1) is 0 Å². The number of anilines is 2. The van der Waals surface area contributed by atoms with Crippen molar-refractivity contribution in [3.8, 4) is 0 Å². The summed E-state index contributed by atoms with van der Waals surface area (Å²) in [4.78, 5) is 27.7. The molecular weight excluding hydrogens is 828 g/mol. The Morgan fingerprint density at radius 1 is 0.571 bits per heavy atom. The molecule has 12 nitrogen and oxygen atoms in total. The Morgan fingerprint density at radius 3 is 1.38 bits per heavy atom. The summed E-state index contributed by atoms with van der Waals surface area (Å²) in [6.07, 6.45) is 12.0. The monoisotopic (exact) mass is 878 g/mol. The summed E-state index contributed by atoms with van der Waals surface area (Å²) in [7, 11) is 0. The molecule has 63 heavy (non-hydrogen) atoms. The maximum absolute atomic E-state index is 6.30. The number of aromatic nitrogens is 8. The number of halogens is 1. The standard InChI is InChI=1S/C25H27N5OS.C24H24ClN5O/c1-32-25-28-23(22-24(29-25)30(17-27-22)21-14-8-9-15-31-21)26-16-20(18-10-4-2-5-11-18)19-12-6-3-7-13-19;25-24-28-22(21-23(29-24)30(16-27-21)20-13-7-8-14-31-20)26-15-19(17-9-3-1-4-10-17)18-11-5-2-6-12-18/h2-7,10-13,17,20-21H,8-9,14-16H2,1H3,(H,26,28,29);1-6,9-12,16,19-20H,7-8,13-15H2,(H,26,28,29). The lowest BCUT2D eigenvalue weighted by Gasteiger charge is -2.24. The highest BCUT2D eigenvalue weighted by atomic mass is 35.5. The predicted molar refractivity (Wildman–Crippen MR) is 252 cm³/mol. The van der Waals surface area contributed by atoms with E-state index in [0.717, 1.165) is 73.9 Å². The molecule has 8 aromatic rings. The van der Waals surface area contributed by atoms with Crippen molar-refractivity contribution >= 4 is 57.3 Å². The number of hydrogen-bond donors (Lipinski definition) is 2. The zero-order chi connectivity index (χ0) is 42.8. The Kier molecular flexibility index (Phi) is 13.8. The fourth-order valence-corrected chi connectivity index (χ4v) is 8.95. The Balaban J connectivity index is 0.000000160. The van der Waals surface area contributed by atoms with Gasteiger partial charge in [-0.15, -0.1) is 0 Å². The largest absolute Gasteiger partial charge is 0.367 e. The molecule has 2 aliphatic heterocycles. The van der Waals surface area contributed by atoms with E-state index in [1.54, 1.807) is 6.33 Å². The van der Waals surface area contributed by atoms with Crippen molar-refractivity contribution in [1.29, 1.82) is 0 Å². The van der Waals surface area contributed by atoms with E-state index < -0.39 is 0 Å². The quantitative estimate of drug-likeness (QED) is 0.0848. The van der Waals surface area contributed by atoms with E-state index >= 15 is 0 Å². The maximum Gasteiger partial charge on any atom is 0.226 e. The highest BCUT2D eigenvalue weighted by Crippen LogP contribution is 2.33. The summed E-state index contributed by atoms with van der Waals surface area (Å²) in [5, 5.41) is 8.01. The van der Waals surface area contributed by atoms with Crippen LogP contribution in [0.3, 0.4) is 0 Å². The van der Waals surface area contributed by atoms with Gasteiger partial charge in [-0.3, -0.25) is 9.13 Å². The number of fused-ring (bicyclic) bond motifs is 2. The molecule has 0 saturated carbocycles. The van der Waals surface area contributed by atoms with Gasteiger partial charge in [0.25, 0.3) is 0 Å². The third-order valence-electron chi connectivity index (χ3n) is 11.7. The number of ether oxygens (including phenoxy) is 2. The SMILES string of the molecule is CSc1nc(NCC(c2ccccc2)c2ccccc2)c2ncn(C3CCCCO3)c2n1.Clc1nc(NCC(c2ccccc2)c2ccccc2)c2ncn(C3CCCCO3)c2n1. The number of nitrogens with zero attached hydrogens (tertiary/aromatic N) is 8. The first-order chi connectivity index (χ1) is 31.1. The van der Waals surface area contributed by atoms with Crippen LogP contribution in [0.4, 0.5) is 11.6 Å². The van der Waals surface area contributed by atoms with Gasteiger partial charge in [0, 0.05) is 38.1 Å². The summed E-state index contributed by atoms with van der Waals surface area (Å²) in [6, 6.07) is 42.1. The van der Waals surface area contributed by atoms with Crippen LogP contribution < -0.4 is 10.6 Å². The number of nitrogens with one attached hydrogen (secondary N) is 2. The maximum atomic E-state index is 6.30. The molecule has 10 rings (SSSR count). The van der Waals surface area contributed by atoms with E-state index in [0.29, 0.717) is 30.1 Å². The molecule has 2 atom stereocenters. The third kappa shape index (κ3) is 10.0. The van der Waals surface area contributed by atoms with Crippen LogP contribution in [0.1, 0.15) is 85.1 Å². The number of hydrogen-bond acceptors (Lipinski definition) is 11. The average molecular weight is 880 g/mol. The Labute approximate surface area is 376 Å². The van der Waals surface area contributed by atoms with Gasteiger partial charge in [0.15, 0.2) is 39.1 Å². The first-order valence-corrected chi connectivity index (χ1v) is 23.3. The van der Waals surface area contributed by atoms with Gasteiger partial charge < -0.3 is 20.1 Å². The van der Waals surface area contributed by atoms with Gasteiger partial charge in [-0.05, 0) is 78.6 Å². The first-order valence-electron chi connectivity index (χ1n) is 21.7. The van der Waals surface area contributed by atoms with Gasteiger partial charge >= 0.3 is 0 Å². The highest BCUT2D eigenvalue weighted by molar-refractivity contribution is 7.98. The zero-order valence-corrected chi connectivity index (χ0v) is 36.8. The zero-order valence-electron chi connectivity index (χ0n) is 35.3. The topological polar surface area (TPSA) is 130 Å². The van der Waals surface area contributed by atoms with Crippen LogP contribution >= 0.6 is 23.4 Å². The molecular formula is C49H51ClN10O2S. The molecule has 4 aromatic heterocycles. The van der Waals surface area contributed by atoms with Gasteiger partial charge in [-0.1, -0.05) is 133 Å². The number of imidazole rings is 2. The van der Waals surface area contributed by atoms with Crippen molar-refractivity contribution in [2.24, 2.45) is 0 Å². The van der Waals surface area contributed by atoms with Crippen molar-refractivity contribution in [3.63, 3.8) is 0 Å². The first kappa shape index (κ1) is 42.4. The number of benzene rings is 4. The van der Waals surface area contributed by atoms with E-state index in [1.807, 2.05) is 29.3 Å². The lowest BCUT2D eigenvalue weighted by molar-refractivity contribution is -0.0299. The van der Waals surface area contributed by atoms with Crippen molar-refractivity contribution in [2.75, 3.05) is 43.2 Å². The van der Waals surface area contributed by atoms with E-state index in [9.17, 15) is 0 Å². The molecule has 4 aromatic carbocycles. The van der Waals surface area contributed by atoms with Crippen LogP contribution in [-0.4, -0.2) is 71.6 Å². The van der Waals surface area contributed by atoms with Crippen LogP contribution in [0.25, 0.3) is 22.3 Å². The fraction of sp³-hybridized carbons (Fsp3) is 0.306. The lowest BCUT2D eigenvalue weighted by Crippen LogP contribution is -2.18. The number of rotatable bonds is 13. The molecule has 2 unspecified atom stereocenters. The molecule has 0 aliphatic carbocycles. The molecule has 2 aliphatic rings. The Morgan fingerprint density at radius 2 is 0.984 bits per heavy atom. The summed E-state index contributed by atoms with van der Waals surface area (Å²) >= 11 is 7.84. The highest BCUT2D eigenvalue weighted by Gasteiger charge is 2.24. The summed E-state index contributed by atoms with van der Waals surface area (Å²) < 4.78 is 15.9. The third-order valence-corrected chi connectivity index (χ3v) is 12.4.